The summed E-state index contributed by atoms with van der Waals surface area (Å²) in [5.41, 5.74) is -0.426. The van der Waals surface area contributed by atoms with E-state index in [4.69, 9.17) is 4.74 Å². The number of H-pyrrole nitrogens is 1. The first-order valence-corrected chi connectivity index (χ1v) is 5.67. The maximum absolute atomic E-state index is 12.4. The zero-order valence-corrected chi connectivity index (χ0v) is 10.8. The quantitative estimate of drug-likeness (QED) is 0.912. The van der Waals surface area contributed by atoms with Crippen LogP contribution in [0.25, 0.3) is 11.4 Å². The lowest BCUT2D eigenvalue weighted by Crippen LogP contribution is -2.04. The zero-order valence-electron chi connectivity index (χ0n) is 9.18. The SMILES string of the molecule is COc1cc(-c2nc(C(F)(F)F)c[nH]2)ccc1Br. The molecule has 0 unspecified atom stereocenters. The van der Waals surface area contributed by atoms with Gasteiger partial charge in [0.05, 0.1) is 11.6 Å². The number of alkyl halides is 3. The highest BCUT2D eigenvalue weighted by Crippen LogP contribution is 2.32. The number of methoxy groups -OCH3 is 1. The molecule has 0 bridgehead atoms. The summed E-state index contributed by atoms with van der Waals surface area (Å²) in [5, 5.41) is 0. The van der Waals surface area contributed by atoms with Crippen LogP contribution in [0.15, 0.2) is 28.9 Å². The number of nitrogens with one attached hydrogen (secondary N) is 1. The molecule has 2 aromatic rings. The van der Waals surface area contributed by atoms with E-state index in [9.17, 15) is 13.2 Å². The molecule has 1 N–H and O–H groups in total. The lowest BCUT2D eigenvalue weighted by Gasteiger charge is -2.05. The Balaban J connectivity index is 2.40. The van der Waals surface area contributed by atoms with Gasteiger partial charge in [-0.3, -0.25) is 0 Å². The van der Waals surface area contributed by atoms with E-state index in [2.05, 4.69) is 25.9 Å². The molecule has 3 nitrogen and oxygen atoms in total. The normalized spacial score (nSPS) is 11.6. The van der Waals surface area contributed by atoms with Gasteiger partial charge in [0, 0.05) is 11.8 Å². The van der Waals surface area contributed by atoms with Crippen LogP contribution in [0.1, 0.15) is 5.69 Å². The molecule has 0 saturated carbocycles. The number of aromatic amines is 1. The molecular weight excluding hydrogens is 313 g/mol. The number of hydrogen-bond donors (Lipinski definition) is 1. The molecule has 0 spiro atoms. The van der Waals surface area contributed by atoms with Crippen LogP contribution < -0.4 is 4.74 Å². The minimum absolute atomic E-state index is 0.146. The van der Waals surface area contributed by atoms with Crippen molar-refractivity contribution in [3.8, 4) is 17.1 Å². The number of halogens is 4. The highest BCUT2D eigenvalue weighted by Gasteiger charge is 2.33. The first-order chi connectivity index (χ1) is 8.41. The summed E-state index contributed by atoms with van der Waals surface area (Å²) >= 11 is 3.26. The summed E-state index contributed by atoms with van der Waals surface area (Å²) in [5.74, 6) is 0.672. The smallest absolute Gasteiger partial charge is 0.434 e. The maximum Gasteiger partial charge on any atom is 0.434 e. The second kappa shape index (κ2) is 4.64. The molecule has 2 rings (SSSR count). The molecule has 7 heteroatoms. The van der Waals surface area contributed by atoms with Crippen LogP contribution >= 0.6 is 15.9 Å². The number of hydrogen-bond acceptors (Lipinski definition) is 2. The van der Waals surface area contributed by atoms with E-state index in [1.807, 2.05) is 0 Å². The van der Waals surface area contributed by atoms with Gasteiger partial charge in [-0.05, 0) is 34.1 Å². The van der Waals surface area contributed by atoms with Gasteiger partial charge < -0.3 is 9.72 Å². The van der Waals surface area contributed by atoms with Gasteiger partial charge in [-0.25, -0.2) is 4.98 Å². The van der Waals surface area contributed by atoms with E-state index >= 15 is 0 Å². The minimum Gasteiger partial charge on any atom is -0.496 e. The molecule has 0 aliphatic heterocycles. The van der Waals surface area contributed by atoms with E-state index < -0.39 is 11.9 Å². The van der Waals surface area contributed by atoms with Crippen molar-refractivity contribution < 1.29 is 17.9 Å². The molecular formula is C11H8BrF3N2O. The molecule has 0 fully saturated rings. The molecule has 0 saturated heterocycles. The fourth-order valence-electron chi connectivity index (χ4n) is 1.42. The molecule has 1 heterocycles. The molecule has 0 radical (unpaired) electrons. The molecule has 1 aromatic heterocycles. The van der Waals surface area contributed by atoms with Crippen LogP contribution in [0, 0.1) is 0 Å². The third-order valence-electron chi connectivity index (χ3n) is 2.29. The van der Waals surface area contributed by atoms with Crippen LogP contribution in [0.5, 0.6) is 5.75 Å². The molecule has 18 heavy (non-hydrogen) atoms. The molecule has 0 amide bonds. The van der Waals surface area contributed by atoms with Crippen molar-refractivity contribution in [1.82, 2.24) is 9.97 Å². The molecule has 96 valence electrons. The van der Waals surface area contributed by atoms with Gasteiger partial charge in [0.25, 0.3) is 0 Å². The van der Waals surface area contributed by atoms with E-state index in [1.54, 1.807) is 18.2 Å². The summed E-state index contributed by atoms with van der Waals surface area (Å²) in [6, 6.07) is 4.93. The van der Waals surface area contributed by atoms with Crippen molar-refractivity contribution in [3.05, 3.63) is 34.6 Å². The first kappa shape index (κ1) is 12.9. The van der Waals surface area contributed by atoms with Crippen LogP contribution in [0.3, 0.4) is 0 Å². The van der Waals surface area contributed by atoms with E-state index in [0.717, 1.165) is 10.7 Å². The number of rotatable bonds is 2. The van der Waals surface area contributed by atoms with Gasteiger partial charge in [0.1, 0.15) is 11.6 Å². The van der Waals surface area contributed by atoms with Crippen molar-refractivity contribution >= 4 is 15.9 Å². The summed E-state index contributed by atoms with van der Waals surface area (Å²) in [4.78, 5) is 6.00. The van der Waals surface area contributed by atoms with Crippen LogP contribution in [-0.4, -0.2) is 17.1 Å². The summed E-state index contributed by atoms with van der Waals surface area (Å²) in [6.45, 7) is 0. The fourth-order valence-corrected chi connectivity index (χ4v) is 1.83. The molecule has 0 atom stereocenters. The van der Waals surface area contributed by atoms with E-state index in [0.29, 0.717) is 11.3 Å². The van der Waals surface area contributed by atoms with E-state index in [-0.39, 0.29) is 5.82 Å². The monoisotopic (exact) mass is 320 g/mol. The Labute approximate surface area is 109 Å². The van der Waals surface area contributed by atoms with Gasteiger partial charge in [-0.1, -0.05) is 0 Å². The number of benzene rings is 1. The van der Waals surface area contributed by atoms with Gasteiger partial charge in [-0.15, -0.1) is 0 Å². The van der Waals surface area contributed by atoms with Gasteiger partial charge in [0.2, 0.25) is 0 Å². The minimum atomic E-state index is -4.45. The average molecular weight is 321 g/mol. The topological polar surface area (TPSA) is 37.9 Å². The first-order valence-electron chi connectivity index (χ1n) is 4.88. The van der Waals surface area contributed by atoms with Crippen LogP contribution in [-0.2, 0) is 6.18 Å². The largest absolute Gasteiger partial charge is 0.496 e. The standard InChI is InChI=1S/C11H8BrF3N2O/c1-18-8-4-6(2-3-7(8)12)10-16-5-9(17-10)11(13,14)15/h2-5H,1H3,(H,16,17). The molecule has 0 aliphatic rings. The Hall–Kier alpha value is -1.50. The molecule has 0 aliphatic carbocycles. The fraction of sp³-hybridized carbons (Fsp3) is 0.182. The highest BCUT2D eigenvalue weighted by atomic mass is 79.9. The number of nitrogens with zero attached hydrogens (tertiary/aromatic N) is 1. The third-order valence-corrected chi connectivity index (χ3v) is 2.95. The average Bonchev–Trinajstić information content (AvgIpc) is 2.78. The summed E-state index contributed by atoms with van der Waals surface area (Å²) < 4.78 is 43.0. The predicted octanol–water partition coefficient (Wildman–Crippen LogP) is 3.87. The van der Waals surface area contributed by atoms with Crippen molar-refractivity contribution in [1.29, 1.82) is 0 Å². The van der Waals surface area contributed by atoms with Gasteiger partial charge >= 0.3 is 6.18 Å². The number of aromatic nitrogens is 2. The van der Waals surface area contributed by atoms with Crippen molar-refractivity contribution in [2.75, 3.05) is 7.11 Å². The van der Waals surface area contributed by atoms with Crippen LogP contribution in [0.4, 0.5) is 13.2 Å². The zero-order chi connectivity index (χ0) is 13.3. The molecule has 1 aromatic carbocycles. The Morgan fingerprint density at radius 1 is 1.33 bits per heavy atom. The van der Waals surface area contributed by atoms with Crippen molar-refractivity contribution in [2.45, 2.75) is 6.18 Å². The predicted molar refractivity (Wildman–Crippen MR) is 63.3 cm³/mol. The number of ether oxygens (including phenoxy) is 1. The maximum atomic E-state index is 12.4. The Morgan fingerprint density at radius 3 is 2.61 bits per heavy atom. The lowest BCUT2D eigenvalue weighted by atomic mass is 10.2. The number of imidazole rings is 1. The van der Waals surface area contributed by atoms with Crippen molar-refractivity contribution in [2.24, 2.45) is 0 Å². The highest BCUT2D eigenvalue weighted by molar-refractivity contribution is 9.10. The Kier molecular flexibility index (Phi) is 3.34. The van der Waals surface area contributed by atoms with Gasteiger partial charge in [0.15, 0.2) is 5.69 Å². The van der Waals surface area contributed by atoms with Crippen molar-refractivity contribution in [3.63, 3.8) is 0 Å². The summed E-state index contributed by atoms with van der Waals surface area (Å²) in [6.07, 6.45) is -3.61. The second-order valence-electron chi connectivity index (χ2n) is 3.48. The second-order valence-corrected chi connectivity index (χ2v) is 4.34. The summed E-state index contributed by atoms with van der Waals surface area (Å²) in [7, 11) is 1.48. The van der Waals surface area contributed by atoms with Gasteiger partial charge in [-0.2, -0.15) is 13.2 Å². The van der Waals surface area contributed by atoms with E-state index in [1.165, 1.54) is 7.11 Å². The van der Waals surface area contributed by atoms with Crippen LogP contribution in [0.2, 0.25) is 0 Å². The third kappa shape index (κ3) is 2.50. The Bertz CT molecular complexity index is 566. The lowest BCUT2D eigenvalue weighted by molar-refractivity contribution is -0.140. The Morgan fingerprint density at radius 2 is 2.06 bits per heavy atom.